The number of H-pyrrole nitrogens is 1. The lowest BCUT2D eigenvalue weighted by molar-refractivity contribution is 0.0656. The minimum absolute atomic E-state index is 0.147. The highest BCUT2D eigenvalue weighted by Gasteiger charge is 2.35. The summed E-state index contributed by atoms with van der Waals surface area (Å²) in [6.07, 6.45) is 2.44. The maximum Gasteiger partial charge on any atom is 0.261 e. The maximum atomic E-state index is 13.3. The van der Waals surface area contributed by atoms with Gasteiger partial charge in [0.25, 0.3) is 11.8 Å². The lowest BCUT2D eigenvalue weighted by atomic mass is 10.1. The second-order valence-electron chi connectivity index (χ2n) is 5.56. The molecule has 2 heterocycles. The molecule has 0 spiro atoms. The molecule has 1 aliphatic heterocycles. The first kappa shape index (κ1) is 13.7. The molecule has 0 fully saturated rings. The Morgan fingerprint density at radius 3 is 2.65 bits per heavy atom. The van der Waals surface area contributed by atoms with Crippen molar-refractivity contribution < 1.29 is 14.0 Å². The Labute approximate surface area is 131 Å². The van der Waals surface area contributed by atoms with E-state index in [1.807, 2.05) is 30.5 Å². The van der Waals surface area contributed by atoms with Crippen molar-refractivity contribution in [3.8, 4) is 0 Å². The number of para-hydroxylation sites is 1. The number of imide groups is 1. The summed E-state index contributed by atoms with van der Waals surface area (Å²) in [5.74, 6) is -1.29. The Balaban J connectivity index is 1.58. The van der Waals surface area contributed by atoms with Gasteiger partial charge in [-0.05, 0) is 36.2 Å². The minimum atomic E-state index is -0.511. The molecule has 0 atom stereocenters. The lowest BCUT2D eigenvalue weighted by Crippen LogP contribution is -2.31. The molecule has 4 nitrogen and oxygen atoms in total. The molecule has 114 valence electrons. The number of benzene rings is 2. The number of nitrogens with zero attached hydrogens (tertiary/aromatic N) is 1. The van der Waals surface area contributed by atoms with Crippen molar-refractivity contribution in [2.45, 2.75) is 6.42 Å². The number of carbonyl (C=O) groups excluding carboxylic acids is 2. The largest absolute Gasteiger partial charge is 0.361 e. The Hall–Kier alpha value is -2.95. The van der Waals surface area contributed by atoms with Crippen molar-refractivity contribution >= 4 is 22.7 Å². The third-order valence-corrected chi connectivity index (χ3v) is 4.21. The molecule has 1 aromatic heterocycles. The van der Waals surface area contributed by atoms with Gasteiger partial charge in [-0.15, -0.1) is 0 Å². The highest BCUT2D eigenvalue weighted by Crippen LogP contribution is 2.25. The molecule has 1 N–H and O–H groups in total. The van der Waals surface area contributed by atoms with Gasteiger partial charge in [-0.1, -0.05) is 18.2 Å². The maximum absolute atomic E-state index is 13.3. The monoisotopic (exact) mass is 308 g/mol. The van der Waals surface area contributed by atoms with E-state index < -0.39 is 11.7 Å². The third kappa shape index (κ3) is 2.12. The predicted molar refractivity (Wildman–Crippen MR) is 83.8 cm³/mol. The molecule has 0 saturated carbocycles. The zero-order valence-electron chi connectivity index (χ0n) is 12.2. The summed E-state index contributed by atoms with van der Waals surface area (Å²) in [6.45, 7) is 0.274. The predicted octanol–water partition coefficient (Wildman–Crippen LogP) is 3.15. The highest BCUT2D eigenvalue weighted by molar-refractivity contribution is 6.21. The van der Waals surface area contributed by atoms with Gasteiger partial charge < -0.3 is 4.98 Å². The van der Waals surface area contributed by atoms with E-state index in [0.717, 1.165) is 22.5 Å². The lowest BCUT2D eigenvalue weighted by Gasteiger charge is -2.13. The molecule has 0 bridgehead atoms. The second kappa shape index (κ2) is 5.05. The van der Waals surface area contributed by atoms with Gasteiger partial charge >= 0.3 is 0 Å². The van der Waals surface area contributed by atoms with Crippen molar-refractivity contribution in [1.29, 1.82) is 0 Å². The third-order valence-electron chi connectivity index (χ3n) is 4.21. The number of amides is 2. The number of nitrogens with one attached hydrogen (secondary N) is 1. The van der Waals surface area contributed by atoms with Crippen molar-refractivity contribution in [3.05, 3.63) is 71.2 Å². The van der Waals surface area contributed by atoms with Crippen LogP contribution in [-0.2, 0) is 6.42 Å². The molecule has 23 heavy (non-hydrogen) atoms. The van der Waals surface area contributed by atoms with Gasteiger partial charge in [0.05, 0.1) is 11.1 Å². The topological polar surface area (TPSA) is 53.2 Å². The van der Waals surface area contributed by atoms with Gasteiger partial charge in [0.15, 0.2) is 0 Å². The summed E-state index contributed by atoms with van der Waals surface area (Å²) >= 11 is 0. The van der Waals surface area contributed by atoms with Gasteiger partial charge in [-0.3, -0.25) is 14.5 Å². The van der Waals surface area contributed by atoms with Crippen LogP contribution in [-0.4, -0.2) is 28.2 Å². The number of aromatic nitrogens is 1. The van der Waals surface area contributed by atoms with E-state index in [4.69, 9.17) is 0 Å². The SMILES string of the molecule is O=C1c2ccc(F)cc2C(=O)N1CCc1c[nH]c2ccccc12. The molecule has 2 aromatic carbocycles. The van der Waals surface area contributed by atoms with Crippen LogP contribution in [0.25, 0.3) is 10.9 Å². The first-order valence-corrected chi connectivity index (χ1v) is 7.36. The Morgan fingerprint density at radius 2 is 1.78 bits per heavy atom. The van der Waals surface area contributed by atoms with Crippen LogP contribution < -0.4 is 0 Å². The Bertz CT molecular complexity index is 945. The normalized spacial score (nSPS) is 13.9. The first-order chi connectivity index (χ1) is 11.1. The van der Waals surface area contributed by atoms with Gasteiger partial charge in [-0.2, -0.15) is 0 Å². The summed E-state index contributed by atoms with van der Waals surface area (Å²) in [4.78, 5) is 29.0. The van der Waals surface area contributed by atoms with E-state index in [-0.39, 0.29) is 23.6 Å². The summed E-state index contributed by atoms with van der Waals surface area (Å²) < 4.78 is 13.3. The minimum Gasteiger partial charge on any atom is -0.361 e. The van der Waals surface area contributed by atoms with Gasteiger partial charge in [-0.25, -0.2) is 4.39 Å². The first-order valence-electron chi connectivity index (χ1n) is 7.36. The number of carbonyl (C=O) groups is 2. The zero-order chi connectivity index (χ0) is 16.0. The van der Waals surface area contributed by atoms with Gasteiger partial charge in [0.1, 0.15) is 5.82 Å². The van der Waals surface area contributed by atoms with Crippen molar-refractivity contribution in [2.24, 2.45) is 0 Å². The fourth-order valence-electron chi connectivity index (χ4n) is 3.04. The molecule has 0 saturated heterocycles. The van der Waals surface area contributed by atoms with Crippen molar-refractivity contribution in [3.63, 3.8) is 0 Å². The quantitative estimate of drug-likeness (QED) is 0.756. The second-order valence-corrected chi connectivity index (χ2v) is 5.56. The van der Waals surface area contributed by atoms with E-state index in [2.05, 4.69) is 4.98 Å². The standard InChI is InChI=1S/C18H13FN2O2/c19-12-5-6-14-15(9-12)18(23)21(17(14)22)8-7-11-10-20-16-4-2-1-3-13(11)16/h1-6,9-10,20H,7-8H2. The molecule has 0 unspecified atom stereocenters. The average molecular weight is 308 g/mol. The van der Waals surface area contributed by atoms with Crippen LogP contribution in [0.4, 0.5) is 4.39 Å². The summed E-state index contributed by atoms with van der Waals surface area (Å²) in [6, 6.07) is 11.6. The number of hydrogen-bond donors (Lipinski definition) is 1. The smallest absolute Gasteiger partial charge is 0.261 e. The van der Waals surface area contributed by atoms with Crippen LogP contribution in [0, 0.1) is 5.82 Å². The van der Waals surface area contributed by atoms with E-state index in [9.17, 15) is 14.0 Å². The van der Waals surface area contributed by atoms with E-state index in [0.29, 0.717) is 6.42 Å². The number of halogens is 1. The van der Waals surface area contributed by atoms with Crippen LogP contribution in [0.5, 0.6) is 0 Å². The number of hydrogen-bond acceptors (Lipinski definition) is 2. The molecule has 3 aromatic rings. The molecule has 0 radical (unpaired) electrons. The molecular weight excluding hydrogens is 295 g/mol. The van der Waals surface area contributed by atoms with Gasteiger partial charge in [0.2, 0.25) is 0 Å². The van der Waals surface area contributed by atoms with E-state index in [1.54, 1.807) is 0 Å². The van der Waals surface area contributed by atoms with Crippen LogP contribution in [0.15, 0.2) is 48.7 Å². The van der Waals surface area contributed by atoms with Crippen LogP contribution in [0.3, 0.4) is 0 Å². The fraction of sp³-hybridized carbons (Fsp3) is 0.111. The molecule has 5 heteroatoms. The molecule has 0 aliphatic carbocycles. The zero-order valence-corrected chi connectivity index (χ0v) is 12.2. The average Bonchev–Trinajstić information content (AvgIpc) is 3.06. The summed E-state index contributed by atoms with van der Waals surface area (Å²) in [5.41, 5.74) is 2.49. The number of rotatable bonds is 3. The fourth-order valence-corrected chi connectivity index (χ4v) is 3.04. The number of fused-ring (bicyclic) bond motifs is 2. The Kier molecular flexibility index (Phi) is 3.01. The highest BCUT2D eigenvalue weighted by atomic mass is 19.1. The molecule has 4 rings (SSSR count). The molecule has 1 aliphatic rings. The van der Waals surface area contributed by atoms with Gasteiger partial charge in [0, 0.05) is 23.6 Å². The number of aromatic amines is 1. The van der Waals surface area contributed by atoms with E-state index in [1.165, 1.54) is 17.0 Å². The summed E-state index contributed by atoms with van der Waals surface area (Å²) in [5, 5.41) is 1.08. The van der Waals surface area contributed by atoms with E-state index >= 15 is 0 Å². The van der Waals surface area contributed by atoms with Crippen LogP contribution in [0.2, 0.25) is 0 Å². The Morgan fingerprint density at radius 1 is 1.00 bits per heavy atom. The van der Waals surface area contributed by atoms with Crippen molar-refractivity contribution in [1.82, 2.24) is 9.88 Å². The van der Waals surface area contributed by atoms with Crippen LogP contribution >= 0.6 is 0 Å². The van der Waals surface area contributed by atoms with Crippen LogP contribution in [0.1, 0.15) is 26.3 Å². The molecular formula is C18H13FN2O2. The molecule has 2 amide bonds. The summed E-state index contributed by atoms with van der Waals surface area (Å²) in [7, 11) is 0. The van der Waals surface area contributed by atoms with Crippen molar-refractivity contribution in [2.75, 3.05) is 6.54 Å².